The Kier molecular flexibility index (Phi) is 4.39. The van der Waals surface area contributed by atoms with Crippen molar-refractivity contribution in [3.63, 3.8) is 0 Å². The third kappa shape index (κ3) is 3.90. The van der Waals surface area contributed by atoms with Gasteiger partial charge in [0.25, 0.3) is 0 Å². The molecule has 1 aliphatic rings. The average Bonchev–Trinajstić information content (AvgIpc) is 3.17. The van der Waals surface area contributed by atoms with E-state index < -0.39 is 0 Å². The number of rotatable bonds is 3. The molecule has 1 N–H and O–H groups in total. The van der Waals surface area contributed by atoms with Crippen molar-refractivity contribution in [2.24, 2.45) is 5.92 Å². The fourth-order valence-corrected chi connectivity index (χ4v) is 3.59. The standard InChI is InChI=1S/C16H23N5OS/c1-16(2,3)17-13(22)12-7-6-10-21(11-12)15-19-18-14(23-15)20-8-4-5-9-20/h4-5,8-9,12H,6-7,10-11H2,1-3H3,(H,17,22). The molecule has 1 aliphatic heterocycles. The van der Waals surface area contributed by atoms with Crippen LogP contribution in [-0.2, 0) is 4.79 Å². The average molecular weight is 333 g/mol. The minimum atomic E-state index is -0.191. The van der Waals surface area contributed by atoms with Gasteiger partial charge in [-0.1, -0.05) is 11.3 Å². The highest BCUT2D eigenvalue weighted by atomic mass is 32.1. The summed E-state index contributed by atoms with van der Waals surface area (Å²) in [6, 6.07) is 3.93. The summed E-state index contributed by atoms with van der Waals surface area (Å²) in [6.07, 6.45) is 5.85. The van der Waals surface area contributed by atoms with Gasteiger partial charge in [-0.25, -0.2) is 0 Å². The number of hydrogen-bond donors (Lipinski definition) is 1. The van der Waals surface area contributed by atoms with E-state index in [2.05, 4.69) is 20.4 Å². The van der Waals surface area contributed by atoms with Gasteiger partial charge in [0, 0.05) is 31.0 Å². The summed E-state index contributed by atoms with van der Waals surface area (Å²) in [7, 11) is 0. The van der Waals surface area contributed by atoms with Crippen LogP contribution in [0.1, 0.15) is 33.6 Å². The van der Waals surface area contributed by atoms with Gasteiger partial charge in [0.2, 0.25) is 16.2 Å². The molecule has 3 rings (SSSR count). The molecule has 0 bridgehead atoms. The Morgan fingerprint density at radius 2 is 1.96 bits per heavy atom. The fraction of sp³-hybridized carbons (Fsp3) is 0.562. The van der Waals surface area contributed by atoms with Crippen LogP contribution in [0.5, 0.6) is 0 Å². The second-order valence-electron chi connectivity index (χ2n) is 6.98. The Morgan fingerprint density at radius 3 is 2.65 bits per heavy atom. The Labute approximate surface area is 140 Å². The molecular formula is C16H23N5OS. The molecule has 23 heavy (non-hydrogen) atoms. The fourth-order valence-electron chi connectivity index (χ4n) is 2.74. The highest BCUT2D eigenvalue weighted by Gasteiger charge is 2.29. The van der Waals surface area contributed by atoms with E-state index in [0.717, 1.165) is 29.6 Å². The van der Waals surface area contributed by atoms with Gasteiger partial charge in [0.05, 0.1) is 5.92 Å². The molecule has 0 spiro atoms. The van der Waals surface area contributed by atoms with E-state index in [4.69, 9.17) is 0 Å². The quantitative estimate of drug-likeness (QED) is 0.937. The first-order valence-corrected chi connectivity index (χ1v) is 8.78. The van der Waals surface area contributed by atoms with Gasteiger partial charge in [-0.3, -0.25) is 9.36 Å². The predicted molar refractivity (Wildman–Crippen MR) is 92.1 cm³/mol. The number of carbonyl (C=O) groups is 1. The van der Waals surface area contributed by atoms with Crippen LogP contribution >= 0.6 is 11.3 Å². The molecular weight excluding hydrogens is 310 g/mol. The van der Waals surface area contributed by atoms with E-state index in [1.807, 2.05) is 49.9 Å². The zero-order chi connectivity index (χ0) is 16.4. The molecule has 0 aromatic carbocycles. The summed E-state index contributed by atoms with van der Waals surface area (Å²) in [6.45, 7) is 7.68. The molecule has 0 saturated carbocycles. The zero-order valence-electron chi connectivity index (χ0n) is 13.8. The van der Waals surface area contributed by atoms with Crippen LogP contribution in [0.4, 0.5) is 5.13 Å². The topological polar surface area (TPSA) is 63.1 Å². The number of nitrogens with one attached hydrogen (secondary N) is 1. The molecule has 1 unspecified atom stereocenters. The number of hydrogen-bond acceptors (Lipinski definition) is 5. The first kappa shape index (κ1) is 16.0. The van der Waals surface area contributed by atoms with E-state index in [-0.39, 0.29) is 17.4 Å². The van der Waals surface area contributed by atoms with E-state index >= 15 is 0 Å². The lowest BCUT2D eigenvalue weighted by molar-refractivity contribution is -0.126. The molecule has 0 aliphatic carbocycles. The van der Waals surface area contributed by atoms with Gasteiger partial charge >= 0.3 is 0 Å². The third-order valence-corrected chi connectivity index (χ3v) is 4.79. The first-order valence-electron chi connectivity index (χ1n) is 7.96. The molecule has 1 atom stereocenters. The minimum absolute atomic E-state index is 0.0157. The summed E-state index contributed by atoms with van der Waals surface area (Å²) in [5.41, 5.74) is -0.191. The van der Waals surface area contributed by atoms with Crippen molar-refractivity contribution in [3.8, 4) is 5.13 Å². The molecule has 0 radical (unpaired) electrons. The Hall–Kier alpha value is -1.89. The highest BCUT2D eigenvalue weighted by Crippen LogP contribution is 2.28. The van der Waals surface area contributed by atoms with Crippen molar-refractivity contribution in [1.82, 2.24) is 20.1 Å². The molecule has 7 heteroatoms. The number of piperidine rings is 1. The van der Waals surface area contributed by atoms with E-state index in [0.29, 0.717) is 6.54 Å². The monoisotopic (exact) mass is 333 g/mol. The molecule has 2 aromatic heterocycles. The molecule has 1 saturated heterocycles. The van der Waals surface area contributed by atoms with Crippen LogP contribution < -0.4 is 10.2 Å². The van der Waals surface area contributed by atoms with Crippen LogP contribution in [0.2, 0.25) is 0 Å². The van der Waals surface area contributed by atoms with Gasteiger partial charge in [0.15, 0.2) is 0 Å². The highest BCUT2D eigenvalue weighted by molar-refractivity contribution is 7.17. The molecule has 124 valence electrons. The summed E-state index contributed by atoms with van der Waals surface area (Å²) >= 11 is 1.56. The van der Waals surface area contributed by atoms with Crippen LogP contribution in [-0.4, -0.2) is 39.3 Å². The lowest BCUT2D eigenvalue weighted by Gasteiger charge is -2.33. The van der Waals surface area contributed by atoms with Crippen molar-refractivity contribution in [1.29, 1.82) is 0 Å². The number of amides is 1. The zero-order valence-corrected chi connectivity index (χ0v) is 14.6. The van der Waals surface area contributed by atoms with E-state index in [1.165, 1.54) is 0 Å². The van der Waals surface area contributed by atoms with Crippen molar-refractivity contribution in [3.05, 3.63) is 24.5 Å². The lowest BCUT2D eigenvalue weighted by atomic mass is 9.96. The molecule has 6 nitrogen and oxygen atoms in total. The largest absolute Gasteiger partial charge is 0.351 e. The van der Waals surface area contributed by atoms with Crippen LogP contribution in [0, 0.1) is 5.92 Å². The van der Waals surface area contributed by atoms with Gasteiger partial charge < -0.3 is 10.2 Å². The molecule has 3 heterocycles. The van der Waals surface area contributed by atoms with Gasteiger partial charge in [-0.15, -0.1) is 10.2 Å². The van der Waals surface area contributed by atoms with Crippen LogP contribution in [0.25, 0.3) is 5.13 Å². The van der Waals surface area contributed by atoms with Gasteiger partial charge in [-0.2, -0.15) is 0 Å². The number of aromatic nitrogens is 3. The second kappa shape index (κ2) is 6.31. The summed E-state index contributed by atoms with van der Waals surface area (Å²) in [5, 5.41) is 13.4. The molecule has 1 amide bonds. The lowest BCUT2D eigenvalue weighted by Crippen LogP contribution is -2.48. The minimum Gasteiger partial charge on any atom is -0.351 e. The van der Waals surface area contributed by atoms with Crippen molar-refractivity contribution < 1.29 is 4.79 Å². The number of carbonyl (C=O) groups excluding carboxylic acids is 1. The van der Waals surface area contributed by atoms with E-state index in [9.17, 15) is 4.79 Å². The van der Waals surface area contributed by atoms with Crippen LogP contribution in [0.3, 0.4) is 0 Å². The van der Waals surface area contributed by atoms with Crippen molar-refractivity contribution in [2.75, 3.05) is 18.0 Å². The Morgan fingerprint density at radius 1 is 1.26 bits per heavy atom. The summed E-state index contributed by atoms with van der Waals surface area (Å²) < 4.78 is 1.95. The third-order valence-electron chi connectivity index (χ3n) is 3.79. The summed E-state index contributed by atoms with van der Waals surface area (Å²) in [5.74, 6) is 0.152. The van der Waals surface area contributed by atoms with Crippen LogP contribution in [0.15, 0.2) is 24.5 Å². The smallest absolute Gasteiger partial charge is 0.225 e. The van der Waals surface area contributed by atoms with Gasteiger partial charge in [0.1, 0.15) is 0 Å². The van der Waals surface area contributed by atoms with Crippen molar-refractivity contribution >= 4 is 22.4 Å². The second-order valence-corrected chi connectivity index (χ2v) is 7.92. The Balaban J connectivity index is 1.68. The summed E-state index contributed by atoms with van der Waals surface area (Å²) in [4.78, 5) is 14.6. The first-order chi connectivity index (χ1) is 10.9. The Bertz CT molecular complexity index is 658. The van der Waals surface area contributed by atoms with E-state index in [1.54, 1.807) is 11.3 Å². The maximum atomic E-state index is 12.4. The maximum Gasteiger partial charge on any atom is 0.225 e. The molecule has 1 fully saturated rings. The number of anilines is 1. The predicted octanol–water partition coefficient (Wildman–Crippen LogP) is 2.46. The molecule has 2 aromatic rings. The number of nitrogens with zero attached hydrogens (tertiary/aromatic N) is 4. The van der Waals surface area contributed by atoms with Gasteiger partial charge in [-0.05, 0) is 45.7 Å². The normalized spacial score (nSPS) is 18.9. The van der Waals surface area contributed by atoms with Crippen molar-refractivity contribution in [2.45, 2.75) is 39.2 Å². The maximum absolute atomic E-state index is 12.4. The SMILES string of the molecule is CC(C)(C)NC(=O)C1CCCN(c2nnc(-n3cccc3)s2)C1.